The molecule has 0 fully saturated rings. The molecule has 1 unspecified atom stereocenters. The van der Waals surface area contributed by atoms with Crippen LogP contribution >= 0.6 is 0 Å². The molecule has 0 aliphatic rings. The van der Waals surface area contributed by atoms with Gasteiger partial charge >= 0.3 is 5.97 Å². The highest BCUT2D eigenvalue weighted by Gasteiger charge is 2.21. The Labute approximate surface area is 101 Å². The van der Waals surface area contributed by atoms with Crippen molar-refractivity contribution in [3.8, 4) is 0 Å². The molecule has 0 spiro atoms. The topological polar surface area (TPSA) is 62.5 Å². The maximum atomic E-state index is 12.1. The van der Waals surface area contributed by atoms with Gasteiger partial charge in [0.05, 0.1) is 5.92 Å². The lowest BCUT2D eigenvalue weighted by atomic mass is 10.1. The number of rotatable bonds is 5. The average Bonchev–Trinajstić information content (AvgIpc) is 2.70. The fraction of sp³-hybridized carbons (Fsp3) is 0.500. The molecule has 0 aliphatic heterocycles. The summed E-state index contributed by atoms with van der Waals surface area (Å²) in [6.07, 6.45) is 1.79. The van der Waals surface area contributed by atoms with E-state index in [0.717, 1.165) is 0 Å². The smallest absolute Gasteiger partial charge is 0.308 e. The molecule has 1 heterocycles. The lowest BCUT2D eigenvalue weighted by Gasteiger charge is -2.23. The first-order valence-electron chi connectivity index (χ1n) is 5.60. The average molecular weight is 238 g/mol. The molecule has 0 aromatic carbocycles. The Bertz CT molecular complexity index is 412. The zero-order valence-electron chi connectivity index (χ0n) is 10.4. The Hall–Kier alpha value is -1.78. The first-order chi connectivity index (χ1) is 7.97. The lowest BCUT2D eigenvalue weighted by molar-refractivity contribution is -0.141. The number of carbonyl (C=O) groups is 2. The second-order valence-electron chi connectivity index (χ2n) is 4.09. The van der Waals surface area contributed by atoms with Crippen LogP contribution in [0.1, 0.15) is 24.3 Å². The summed E-state index contributed by atoms with van der Waals surface area (Å²) in [6.45, 7) is 4.18. The summed E-state index contributed by atoms with van der Waals surface area (Å²) in [7, 11) is 1.79. The third-order valence-corrected chi connectivity index (χ3v) is 2.75. The van der Waals surface area contributed by atoms with Gasteiger partial charge < -0.3 is 14.6 Å². The SMILES string of the molecule is CCN(CC(C)C(=O)O)C(=O)c1cccn1C. The van der Waals surface area contributed by atoms with Crippen LogP contribution in [-0.2, 0) is 11.8 Å². The van der Waals surface area contributed by atoms with E-state index in [0.29, 0.717) is 12.2 Å². The largest absolute Gasteiger partial charge is 0.481 e. The molecule has 0 saturated carbocycles. The van der Waals surface area contributed by atoms with E-state index in [9.17, 15) is 9.59 Å². The summed E-state index contributed by atoms with van der Waals surface area (Å²) in [5.41, 5.74) is 0.574. The van der Waals surface area contributed by atoms with Crippen LogP contribution in [0.2, 0.25) is 0 Å². The number of hydrogen-bond acceptors (Lipinski definition) is 2. The molecule has 1 amide bonds. The van der Waals surface area contributed by atoms with E-state index in [1.54, 1.807) is 41.8 Å². The van der Waals surface area contributed by atoms with Crippen molar-refractivity contribution in [2.24, 2.45) is 13.0 Å². The number of hydrogen-bond donors (Lipinski definition) is 1. The van der Waals surface area contributed by atoms with Gasteiger partial charge in [-0.05, 0) is 19.1 Å². The van der Waals surface area contributed by atoms with Crippen LogP contribution in [-0.4, -0.2) is 39.5 Å². The lowest BCUT2D eigenvalue weighted by Crippen LogP contribution is -2.37. The van der Waals surface area contributed by atoms with Gasteiger partial charge in [0.25, 0.3) is 5.91 Å². The van der Waals surface area contributed by atoms with E-state index in [4.69, 9.17) is 5.11 Å². The molecular weight excluding hydrogens is 220 g/mol. The monoisotopic (exact) mass is 238 g/mol. The van der Waals surface area contributed by atoms with E-state index in [-0.39, 0.29) is 12.5 Å². The first kappa shape index (κ1) is 13.3. The van der Waals surface area contributed by atoms with Crippen LogP contribution in [0, 0.1) is 5.92 Å². The summed E-state index contributed by atoms with van der Waals surface area (Å²) in [4.78, 5) is 24.5. The van der Waals surface area contributed by atoms with Gasteiger partial charge in [0, 0.05) is 26.3 Å². The van der Waals surface area contributed by atoms with Gasteiger partial charge in [-0.1, -0.05) is 6.92 Å². The maximum absolute atomic E-state index is 12.1. The summed E-state index contributed by atoms with van der Waals surface area (Å²) in [6, 6.07) is 3.53. The molecule has 1 atom stereocenters. The number of aryl methyl sites for hydroxylation is 1. The second kappa shape index (κ2) is 5.52. The van der Waals surface area contributed by atoms with Crippen molar-refractivity contribution >= 4 is 11.9 Å². The van der Waals surface area contributed by atoms with Crippen molar-refractivity contribution < 1.29 is 14.7 Å². The standard InChI is InChI=1S/C12H18N2O3/c1-4-14(8-9(2)12(16)17)11(15)10-6-5-7-13(10)3/h5-7,9H,4,8H2,1-3H3,(H,16,17). The van der Waals surface area contributed by atoms with Crippen LogP contribution in [0.15, 0.2) is 18.3 Å². The molecule has 1 aromatic rings. The maximum Gasteiger partial charge on any atom is 0.308 e. The molecule has 1 N–H and O–H groups in total. The Balaban J connectivity index is 2.78. The molecule has 0 radical (unpaired) electrons. The Morgan fingerprint density at radius 2 is 2.18 bits per heavy atom. The van der Waals surface area contributed by atoms with E-state index in [1.807, 2.05) is 6.92 Å². The number of carboxylic acid groups (broad SMARTS) is 1. The molecule has 0 bridgehead atoms. The number of amides is 1. The van der Waals surface area contributed by atoms with Crippen molar-refractivity contribution in [2.45, 2.75) is 13.8 Å². The fourth-order valence-corrected chi connectivity index (χ4v) is 1.61. The molecule has 5 heteroatoms. The number of aliphatic carboxylic acids is 1. The van der Waals surface area contributed by atoms with Crippen LogP contribution < -0.4 is 0 Å². The number of nitrogens with zero attached hydrogens (tertiary/aromatic N) is 2. The zero-order valence-corrected chi connectivity index (χ0v) is 10.4. The van der Waals surface area contributed by atoms with Crippen molar-refractivity contribution in [2.75, 3.05) is 13.1 Å². The predicted molar refractivity (Wildman–Crippen MR) is 63.8 cm³/mol. The van der Waals surface area contributed by atoms with E-state index < -0.39 is 11.9 Å². The highest BCUT2D eigenvalue weighted by atomic mass is 16.4. The van der Waals surface area contributed by atoms with Crippen molar-refractivity contribution in [3.63, 3.8) is 0 Å². The molecule has 1 aromatic heterocycles. The zero-order chi connectivity index (χ0) is 13.0. The predicted octanol–water partition coefficient (Wildman–Crippen LogP) is 1.21. The van der Waals surface area contributed by atoms with Crippen molar-refractivity contribution in [3.05, 3.63) is 24.0 Å². The Morgan fingerprint density at radius 1 is 1.53 bits per heavy atom. The third-order valence-electron chi connectivity index (χ3n) is 2.75. The highest BCUT2D eigenvalue weighted by Crippen LogP contribution is 2.08. The summed E-state index contributed by atoms with van der Waals surface area (Å²) < 4.78 is 1.73. The molecule has 5 nitrogen and oxygen atoms in total. The summed E-state index contributed by atoms with van der Waals surface area (Å²) in [5, 5.41) is 8.85. The highest BCUT2D eigenvalue weighted by molar-refractivity contribution is 5.93. The number of aromatic nitrogens is 1. The van der Waals surface area contributed by atoms with E-state index >= 15 is 0 Å². The fourth-order valence-electron chi connectivity index (χ4n) is 1.61. The van der Waals surface area contributed by atoms with Crippen molar-refractivity contribution in [1.82, 2.24) is 9.47 Å². The quantitative estimate of drug-likeness (QED) is 0.838. The number of carboxylic acids is 1. The van der Waals surface area contributed by atoms with Gasteiger partial charge in [-0.15, -0.1) is 0 Å². The molecule has 17 heavy (non-hydrogen) atoms. The van der Waals surface area contributed by atoms with Gasteiger partial charge in [-0.2, -0.15) is 0 Å². The normalized spacial score (nSPS) is 12.2. The second-order valence-corrected chi connectivity index (χ2v) is 4.09. The van der Waals surface area contributed by atoms with Gasteiger partial charge in [0.1, 0.15) is 5.69 Å². The molecule has 0 aliphatic carbocycles. The molecule has 0 saturated heterocycles. The van der Waals surface area contributed by atoms with Crippen LogP contribution in [0.5, 0.6) is 0 Å². The Kier molecular flexibility index (Phi) is 4.31. The van der Waals surface area contributed by atoms with Crippen LogP contribution in [0.25, 0.3) is 0 Å². The van der Waals surface area contributed by atoms with Crippen molar-refractivity contribution in [1.29, 1.82) is 0 Å². The van der Waals surface area contributed by atoms with Crippen LogP contribution in [0.4, 0.5) is 0 Å². The van der Waals surface area contributed by atoms with Gasteiger partial charge in [0.15, 0.2) is 0 Å². The third kappa shape index (κ3) is 3.09. The minimum Gasteiger partial charge on any atom is -0.481 e. The van der Waals surface area contributed by atoms with Gasteiger partial charge in [-0.3, -0.25) is 9.59 Å². The van der Waals surface area contributed by atoms with E-state index in [1.165, 1.54) is 0 Å². The Morgan fingerprint density at radius 3 is 2.59 bits per heavy atom. The molecule has 1 rings (SSSR count). The summed E-state index contributed by atoms with van der Waals surface area (Å²) in [5.74, 6) is -1.57. The molecule has 94 valence electrons. The molecular formula is C12H18N2O3. The minimum absolute atomic E-state index is 0.131. The van der Waals surface area contributed by atoms with E-state index in [2.05, 4.69) is 0 Å². The summed E-state index contributed by atoms with van der Waals surface area (Å²) >= 11 is 0. The first-order valence-corrected chi connectivity index (χ1v) is 5.60. The van der Waals surface area contributed by atoms with Gasteiger partial charge in [-0.25, -0.2) is 0 Å². The van der Waals surface area contributed by atoms with Crippen LogP contribution in [0.3, 0.4) is 0 Å². The minimum atomic E-state index is -0.886. The number of carbonyl (C=O) groups excluding carboxylic acids is 1. The van der Waals surface area contributed by atoms with Gasteiger partial charge in [0.2, 0.25) is 0 Å².